The van der Waals surface area contributed by atoms with Crippen LogP contribution in [0.25, 0.3) is 0 Å². The van der Waals surface area contributed by atoms with Gasteiger partial charge in [0.1, 0.15) is 0 Å². The van der Waals surface area contributed by atoms with Gasteiger partial charge in [-0.15, -0.1) is 11.3 Å². The third kappa shape index (κ3) is 3.53. The molecule has 22 heavy (non-hydrogen) atoms. The van der Waals surface area contributed by atoms with E-state index in [1.54, 1.807) is 11.3 Å². The first kappa shape index (κ1) is 15.1. The van der Waals surface area contributed by atoms with E-state index in [-0.39, 0.29) is 0 Å². The monoisotopic (exact) mass is 321 g/mol. The zero-order chi connectivity index (χ0) is 14.9. The van der Waals surface area contributed by atoms with Crippen LogP contribution in [0.2, 0.25) is 0 Å². The topological polar surface area (TPSA) is 28.6 Å². The largest absolute Gasteiger partial charge is 0.375 e. The molecule has 1 aromatic heterocycles. The van der Waals surface area contributed by atoms with Gasteiger partial charge in [0.2, 0.25) is 0 Å². The molecular formula is C17H27N3OS. The Morgan fingerprint density at radius 1 is 1.23 bits per heavy atom. The molecule has 4 nitrogen and oxygen atoms in total. The molecule has 4 rings (SSSR count). The molecule has 122 valence electrons. The molecule has 0 bridgehead atoms. The van der Waals surface area contributed by atoms with Crippen LogP contribution in [0, 0.1) is 12.8 Å². The average Bonchev–Trinajstić information content (AvgIpc) is 3.26. The molecule has 3 heterocycles. The third-order valence-corrected chi connectivity index (χ3v) is 6.14. The van der Waals surface area contributed by atoms with E-state index in [0.29, 0.717) is 12.1 Å². The molecule has 2 aliphatic heterocycles. The van der Waals surface area contributed by atoms with Crippen LogP contribution in [0.15, 0.2) is 5.38 Å². The summed E-state index contributed by atoms with van der Waals surface area (Å²) in [6, 6.07) is 0.650. The maximum Gasteiger partial charge on any atom is 0.0897 e. The molecule has 2 saturated heterocycles. The summed E-state index contributed by atoms with van der Waals surface area (Å²) in [5.41, 5.74) is 1.24. The quantitative estimate of drug-likeness (QED) is 0.852. The van der Waals surface area contributed by atoms with Crippen molar-refractivity contribution in [3.05, 3.63) is 16.1 Å². The van der Waals surface area contributed by atoms with Gasteiger partial charge in [0.05, 0.1) is 23.4 Å². The number of hydrogen-bond donors (Lipinski definition) is 0. The summed E-state index contributed by atoms with van der Waals surface area (Å²) in [6.45, 7) is 8.82. The number of nitrogens with zero attached hydrogens (tertiary/aromatic N) is 3. The number of fused-ring (bicyclic) bond motifs is 1. The van der Waals surface area contributed by atoms with Crippen molar-refractivity contribution in [1.82, 2.24) is 14.8 Å². The summed E-state index contributed by atoms with van der Waals surface area (Å²) in [4.78, 5) is 9.94. The first-order valence-electron chi connectivity index (χ1n) is 8.77. The third-order valence-electron chi connectivity index (χ3n) is 5.32. The van der Waals surface area contributed by atoms with E-state index >= 15 is 0 Å². The summed E-state index contributed by atoms with van der Waals surface area (Å²) in [7, 11) is 0. The summed E-state index contributed by atoms with van der Waals surface area (Å²) < 4.78 is 6.11. The second-order valence-electron chi connectivity index (χ2n) is 7.13. The van der Waals surface area contributed by atoms with Crippen LogP contribution in [-0.4, -0.2) is 59.7 Å². The van der Waals surface area contributed by atoms with E-state index in [2.05, 4.69) is 27.1 Å². The van der Waals surface area contributed by atoms with Gasteiger partial charge in [-0.25, -0.2) is 4.98 Å². The number of aryl methyl sites for hydroxylation is 1. The van der Waals surface area contributed by atoms with Crippen LogP contribution in [0.1, 0.15) is 36.4 Å². The van der Waals surface area contributed by atoms with Gasteiger partial charge in [0.15, 0.2) is 0 Å². The standard InChI is InChI=1S/C17H27N3OS/c1-13-18-15(12-22-13)11-19-6-4-16-17(5-7-19)21-9-8-20(16)10-14-2-3-14/h12,14,16-17H,2-11H2,1H3/t16-,17-/m1/s1. The molecule has 3 aliphatic rings. The molecule has 5 heteroatoms. The lowest BCUT2D eigenvalue weighted by Crippen LogP contribution is -2.51. The Morgan fingerprint density at radius 3 is 2.86 bits per heavy atom. The Kier molecular flexibility index (Phi) is 4.49. The molecule has 0 amide bonds. The molecule has 3 fully saturated rings. The fourth-order valence-corrected chi connectivity index (χ4v) is 4.54. The van der Waals surface area contributed by atoms with Crippen molar-refractivity contribution in [3.8, 4) is 0 Å². The van der Waals surface area contributed by atoms with Crippen molar-refractivity contribution >= 4 is 11.3 Å². The van der Waals surface area contributed by atoms with Crippen molar-refractivity contribution in [3.63, 3.8) is 0 Å². The van der Waals surface area contributed by atoms with Crippen LogP contribution in [0.4, 0.5) is 0 Å². The molecule has 0 spiro atoms. The van der Waals surface area contributed by atoms with E-state index in [9.17, 15) is 0 Å². The lowest BCUT2D eigenvalue weighted by atomic mass is 10.0. The Morgan fingerprint density at radius 2 is 2.09 bits per heavy atom. The molecule has 0 aromatic carbocycles. The lowest BCUT2D eigenvalue weighted by Gasteiger charge is -2.40. The number of ether oxygens (including phenoxy) is 1. The Labute approximate surface area is 137 Å². The van der Waals surface area contributed by atoms with Gasteiger partial charge >= 0.3 is 0 Å². The minimum Gasteiger partial charge on any atom is -0.375 e. The number of aromatic nitrogens is 1. The van der Waals surface area contributed by atoms with Crippen molar-refractivity contribution in [2.24, 2.45) is 5.92 Å². The Bertz CT molecular complexity index is 502. The van der Waals surface area contributed by atoms with Crippen molar-refractivity contribution in [2.75, 3.05) is 32.8 Å². The molecule has 1 aliphatic carbocycles. The SMILES string of the molecule is Cc1nc(CN2CC[C@@H]3[C@@H](CC2)OCCN3CC2CC2)cs1. The van der Waals surface area contributed by atoms with Crippen molar-refractivity contribution in [1.29, 1.82) is 0 Å². The number of likely N-dealkylation sites (tertiary alicyclic amines) is 1. The van der Waals surface area contributed by atoms with Crippen LogP contribution >= 0.6 is 11.3 Å². The molecule has 0 N–H and O–H groups in total. The Hall–Kier alpha value is -0.490. The van der Waals surface area contributed by atoms with Gasteiger partial charge in [-0.2, -0.15) is 0 Å². The predicted molar refractivity (Wildman–Crippen MR) is 89.2 cm³/mol. The molecule has 1 saturated carbocycles. The second-order valence-corrected chi connectivity index (χ2v) is 8.19. The predicted octanol–water partition coefficient (Wildman–Crippen LogP) is 2.53. The number of rotatable bonds is 4. The number of morpholine rings is 1. The van der Waals surface area contributed by atoms with Gasteiger partial charge in [-0.1, -0.05) is 0 Å². The maximum absolute atomic E-state index is 6.11. The van der Waals surface area contributed by atoms with Crippen molar-refractivity contribution in [2.45, 2.75) is 51.3 Å². The van der Waals surface area contributed by atoms with Gasteiger partial charge in [0.25, 0.3) is 0 Å². The van der Waals surface area contributed by atoms with Crippen LogP contribution < -0.4 is 0 Å². The van der Waals surface area contributed by atoms with E-state index in [4.69, 9.17) is 4.74 Å². The number of thiazole rings is 1. The highest BCUT2D eigenvalue weighted by atomic mass is 32.1. The molecule has 0 radical (unpaired) electrons. The van der Waals surface area contributed by atoms with Crippen molar-refractivity contribution < 1.29 is 4.74 Å². The Balaban J connectivity index is 1.37. The molecule has 0 unspecified atom stereocenters. The fourth-order valence-electron chi connectivity index (χ4n) is 3.94. The first-order chi connectivity index (χ1) is 10.8. The van der Waals surface area contributed by atoms with Gasteiger partial charge in [-0.05, 0) is 38.5 Å². The average molecular weight is 321 g/mol. The van der Waals surface area contributed by atoms with E-state index < -0.39 is 0 Å². The van der Waals surface area contributed by atoms with E-state index in [1.807, 2.05) is 0 Å². The second kappa shape index (κ2) is 6.56. The minimum atomic E-state index is 0.453. The van der Waals surface area contributed by atoms with Gasteiger partial charge < -0.3 is 4.74 Å². The number of hydrogen-bond acceptors (Lipinski definition) is 5. The van der Waals surface area contributed by atoms with Crippen LogP contribution in [0.5, 0.6) is 0 Å². The normalized spacial score (nSPS) is 31.0. The summed E-state index contributed by atoms with van der Waals surface area (Å²) >= 11 is 1.76. The zero-order valence-corrected chi connectivity index (χ0v) is 14.4. The van der Waals surface area contributed by atoms with Crippen LogP contribution in [-0.2, 0) is 11.3 Å². The van der Waals surface area contributed by atoms with E-state index in [0.717, 1.165) is 32.2 Å². The van der Waals surface area contributed by atoms with Crippen LogP contribution in [0.3, 0.4) is 0 Å². The summed E-state index contributed by atoms with van der Waals surface area (Å²) in [5.74, 6) is 0.982. The maximum atomic E-state index is 6.11. The molecular weight excluding hydrogens is 294 g/mol. The molecule has 2 atom stereocenters. The fraction of sp³-hybridized carbons (Fsp3) is 0.824. The highest BCUT2D eigenvalue weighted by Gasteiger charge is 2.37. The summed E-state index contributed by atoms with van der Waals surface area (Å²) in [6.07, 6.45) is 5.78. The molecule has 1 aromatic rings. The highest BCUT2D eigenvalue weighted by molar-refractivity contribution is 7.09. The smallest absolute Gasteiger partial charge is 0.0897 e. The minimum absolute atomic E-state index is 0.453. The summed E-state index contributed by atoms with van der Waals surface area (Å²) in [5, 5.41) is 3.39. The zero-order valence-electron chi connectivity index (χ0n) is 13.5. The van der Waals surface area contributed by atoms with Gasteiger partial charge in [-0.3, -0.25) is 9.80 Å². The van der Waals surface area contributed by atoms with E-state index in [1.165, 1.54) is 49.5 Å². The van der Waals surface area contributed by atoms with Gasteiger partial charge in [0, 0.05) is 44.1 Å². The first-order valence-corrected chi connectivity index (χ1v) is 9.65. The highest BCUT2D eigenvalue weighted by Crippen LogP contribution is 2.33. The lowest BCUT2D eigenvalue weighted by molar-refractivity contribution is -0.0727.